The van der Waals surface area contributed by atoms with Gasteiger partial charge in [-0.2, -0.15) is 0 Å². The van der Waals surface area contributed by atoms with Crippen molar-refractivity contribution in [2.75, 3.05) is 18.4 Å². The predicted octanol–water partition coefficient (Wildman–Crippen LogP) is 5.26. The standard InChI is InChI=1S/C25H29Cl2N3O3/c1-15(2)16(3)28-23(31)17-8-10-30(11-9-17)25(33)18-4-6-22(7-5-18)29-24(32)19-12-20(26)14-21(27)13-19/h4-7,12-17H,8-11H2,1-3H3,(H,28,31)(H,29,32). The van der Waals surface area contributed by atoms with E-state index in [1.54, 1.807) is 35.2 Å². The van der Waals surface area contributed by atoms with Crippen LogP contribution in [0.15, 0.2) is 42.5 Å². The van der Waals surface area contributed by atoms with Crippen LogP contribution < -0.4 is 10.6 Å². The van der Waals surface area contributed by atoms with Crippen molar-refractivity contribution in [2.45, 2.75) is 39.7 Å². The van der Waals surface area contributed by atoms with Crippen LogP contribution in [0.2, 0.25) is 10.0 Å². The Kier molecular flexibility index (Phi) is 8.38. The Bertz CT molecular complexity index is 996. The van der Waals surface area contributed by atoms with Crippen LogP contribution in [0, 0.1) is 11.8 Å². The zero-order valence-electron chi connectivity index (χ0n) is 19.0. The highest BCUT2D eigenvalue weighted by atomic mass is 35.5. The molecule has 1 saturated heterocycles. The summed E-state index contributed by atoms with van der Waals surface area (Å²) in [5.74, 6) is -0.0293. The molecule has 3 rings (SSSR count). The van der Waals surface area contributed by atoms with Gasteiger partial charge in [-0.3, -0.25) is 14.4 Å². The largest absolute Gasteiger partial charge is 0.353 e. The molecule has 0 saturated carbocycles. The van der Waals surface area contributed by atoms with Crippen molar-refractivity contribution in [2.24, 2.45) is 11.8 Å². The molecule has 1 aliphatic rings. The number of piperidine rings is 1. The lowest BCUT2D eigenvalue weighted by molar-refractivity contribution is -0.127. The van der Waals surface area contributed by atoms with Crippen LogP contribution in [0.4, 0.5) is 5.69 Å². The van der Waals surface area contributed by atoms with Crippen molar-refractivity contribution in [3.8, 4) is 0 Å². The zero-order chi connectivity index (χ0) is 24.1. The third kappa shape index (κ3) is 6.71. The fourth-order valence-electron chi connectivity index (χ4n) is 3.62. The van der Waals surface area contributed by atoms with E-state index in [2.05, 4.69) is 24.5 Å². The minimum Gasteiger partial charge on any atom is -0.353 e. The van der Waals surface area contributed by atoms with Crippen molar-refractivity contribution in [3.05, 3.63) is 63.6 Å². The van der Waals surface area contributed by atoms with Gasteiger partial charge in [-0.05, 0) is 68.1 Å². The number of nitrogens with zero attached hydrogens (tertiary/aromatic N) is 1. The van der Waals surface area contributed by atoms with Crippen molar-refractivity contribution in [3.63, 3.8) is 0 Å². The van der Waals surface area contributed by atoms with E-state index < -0.39 is 0 Å². The average molecular weight is 490 g/mol. The number of nitrogens with one attached hydrogen (secondary N) is 2. The number of benzene rings is 2. The smallest absolute Gasteiger partial charge is 0.255 e. The number of hydrogen-bond acceptors (Lipinski definition) is 3. The molecule has 8 heteroatoms. The van der Waals surface area contributed by atoms with Crippen LogP contribution in [0.25, 0.3) is 0 Å². The molecule has 1 atom stereocenters. The van der Waals surface area contributed by atoms with Gasteiger partial charge >= 0.3 is 0 Å². The first-order valence-corrected chi connectivity index (χ1v) is 11.9. The van der Waals surface area contributed by atoms with E-state index >= 15 is 0 Å². The first-order chi connectivity index (χ1) is 15.6. The second kappa shape index (κ2) is 11.0. The van der Waals surface area contributed by atoms with E-state index in [9.17, 15) is 14.4 Å². The molecule has 1 fully saturated rings. The summed E-state index contributed by atoms with van der Waals surface area (Å²) in [7, 11) is 0. The number of likely N-dealkylation sites (tertiary alicyclic amines) is 1. The number of hydrogen-bond donors (Lipinski definition) is 2. The number of carbonyl (C=O) groups excluding carboxylic acids is 3. The fourth-order valence-corrected chi connectivity index (χ4v) is 4.15. The van der Waals surface area contributed by atoms with Gasteiger partial charge in [0.05, 0.1) is 0 Å². The topological polar surface area (TPSA) is 78.5 Å². The molecule has 1 aliphatic heterocycles. The summed E-state index contributed by atoms with van der Waals surface area (Å²) in [6, 6.07) is 11.5. The van der Waals surface area contributed by atoms with E-state index in [4.69, 9.17) is 23.2 Å². The van der Waals surface area contributed by atoms with Gasteiger partial charge in [0.1, 0.15) is 0 Å². The molecule has 6 nitrogen and oxygen atoms in total. The highest BCUT2D eigenvalue weighted by Gasteiger charge is 2.28. The molecule has 0 radical (unpaired) electrons. The van der Waals surface area contributed by atoms with Gasteiger partial charge < -0.3 is 15.5 Å². The lowest BCUT2D eigenvalue weighted by atomic mass is 9.94. The first-order valence-electron chi connectivity index (χ1n) is 11.1. The van der Waals surface area contributed by atoms with Crippen LogP contribution in [-0.4, -0.2) is 41.8 Å². The zero-order valence-corrected chi connectivity index (χ0v) is 20.5. The van der Waals surface area contributed by atoms with Gasteiger partial charge in [0.25, 0.3) is 11.8 Å². The number of rotatable bonds is 6. The summed E-state index contributed by atoms with van der Waals surface area (Å²) < 4.78 is 0. The minimum absolute atomic E-state index is 0.0622. The normalized spacial score (nSPS) is 15.3. The Hall–Kier alpha value is -2.57. The second-order valence-electron chi connectivity index (χ2n) is 8.80. The molecule has 3 amide bonds. The molecule has 176 valence electrons. The van der Waals surface area contributed by atoms with E-state index in [0.717, 1.165) is 0 Å². The number of amides is 3. The third-order valence-corrected chi connectivity index (χ3v) is 6.47. The molecule has 0 aliphatic carbocycles. The minimum atomic E-state index is -0.342. The molecule has 33 heavy (non-hydrogen) atoms. The highest BCUT2D eigenvalue weighted by Crippen LogP contribution is 2.22. The first kappa shape index (κ1) is 25.1. The molecular weight excluding hydrogens is 461 g/mol. The van der Waals surface area contributed by atoms with Crippen LogP contribution in [0.1, 0.15) is 54.3 Å². The Morgan fingerprint density at radius 2 is 1.48 bits per heavy atom. The monoisotopic (exact) mass is 489 g/mol. The highest BCUT2D eigenvalue weighted by molar-refractivity contribution is 6.35. The molecule has 0 spiro atoms. The summed E-state index contributed by atoms with van der Waals surface area (Å²) in [5.41, 5.74) is 1.44. The van der Waals surface area contributed by atoms with Gasteiger partial charge in [0.15, 0.2) is 0 Å². The molecule has 2 aromatic rings. The molecule has 1 heterocycles. The molecule has 0 bridgehead atoms. The Morgan fingerprint density at radius 1 is 0.909 bits per heavy atom. The van der Waals surface area contributed by atoms with Gasteiger partial charge in [-0.15, -0.1) is 0 Å². The summed E-state index contributed by atoms with van der Waals surface area (Å²) >= 11 is 11.9. The molecule has 2 aromatic carbocycles. The molecule has 1 unspecified atom stereocenters. The van der Waals surface area contributed by atoms with Gasteiger partial charge in [0.2, 0.25) is 5.91 Å². The van der Waals surface area contributed by atoms with Gasteiger partial charge in [-0.25, -0.2) is 0 Å². The van der Waals surface area contributed by atoms with Crippen LogP contribution >= 0.6 is 23.2 Å². The van der Waals surface area contributed by atoms with Crippen LogP contribution in [-0.2, 0) is 4.79 Å². The van der Waals surface area contributed by atoms with E-state index in [-0.39, 0.29) is 29.7 Å². The van der Waals surface area contributed by atoms with Crippen molar-refractivity contribution >= 4 is 46.6 Å². The summed E-state index contributed by atoms with van der Waals surface area (Å²) in [6.45, 7) is 7.26. The van der Waals surface area contributed by atoms with E-state index in [1.807, 2.05) is 6.92 Å². The predicted molar refractivity (Wildman–Crippen MR) is 132 cm³/mol. The summed E-state index contributed by atoms with van der Waals surface area (Å²) in [4.78, 5) is 39.6. The number of halogens is 2. The average Bonchev–Trinajstić information content (AvgIpc) is 2.78. The number of carbonyl (C=O) groups is 3. The van der Waals surface area contributed by atoms with Gasteiger partial charge in [-0.1, -0.05) is 37.0 Å². The lowest BCUT2D eigenvalue weighted by Crippen LogP contribution is -2.45. The Labute approximate surface area is 204 Å². The Morgan fingerprint density at radius 3 is 2.03 bits per heavy atom. The molecule has 0 aromatic heterocycles. The van der Waals surface area contributed by atoms with E-state index in [0.29, 0.717) is 58.7 Å². The maximum Gasteiger partial charge on any atom is 0.255 e. The van der Waals surface area contributed by atoms with Crippen molar-refractivity contribution in [1.29, 1.82) is 0 Å². The maximum absolute atomic E-state index is 12.9. The maximum atomic E-state index is 12.9. The third-order valence-electron chi connectivity index (χ3n) is 6.04. The second-order valence-corrected chi connectivity index (χ2v) is 9.67. The fraction of sp³-hybridized carbons (Fsp3) is 0.400. The lowest BCUT2D eigenvalue weighted by Gasteiger charge is -2.32. The van der Waals surface area contributed by atoms with Crippen LogP contribution in [0.3, 0.4) is 0 Å². The number of anilines is 1. The van der Waals surface area contributed by atoms with Crippen LogP contribution in [0.5, 0.6) is 0 Å². The van der Waals surface area contributed by atoms with Gasteiger partial charge in [0, 0.05) is 51.9 Å². The van der Waals surface area contributed by atoms with Crippen molar-refractivity contribution in [1.82, 2.24) is 10.2 Å². The Balaban J connectivity index is 1.54. The SMILES string of the molecule is CC(C)C(C)NC(=O)C1CCN(C(=O)c2ccc(NC(=O)c3cc(Cl)cc(Cl)c3)cc2)CC1. The molecular formula is C25H29Cl2N3O3. The van der Waals surface area contributed by atoms with Crippen molar-refractivity contribution < 1.29 is 14.4 Å². The van der Waals surface area contributed by atoms with E-state index in [1.165, 1.54) is 12.1 Å². The summed E-state index contributed by atoms with van der Waals surface area (Å²) in [6.07, 6.45) is 1.30. The summed E-state index contributed by atoms with van der Waals surface area (Å²) in [5, 5.41) is 6.61. The quantitative estimate of drug-likeness (QED) is 0.580. The molecule has 2 N–H and O–H groups in total.